The molecule has 0 fully saturated rings. The molecule has 9 rings (SSSR count). The fourth-order valence-electron chi connectivity index (χ4n) is 6.70. The van der Waals surface area contributed by atoms with Crippen molar-refractivity contribution in [2.24, 2.45) is 0 Å². The first-order valence-corrected chi connectivity index (χ1v) is 14.6. The van der Waals surface area contributed by atoms with Gasteiger partial charge in [-0.3, -0.25) is 9.97 Å². The van der Waals surface area contributed by atoms with E-state index < -0.39 is 0 Å². The smallest absolute Gasteiger partial charge is 0.0971 e. The Morgan fingerprint density at radius 3 is 1.67 bits per heavy atom. The van der Waals surface area contributed by atoms with Crippen molar-refractivity contribution in [1.82, 2.24) is 14.5 Å². The highest BCUT2D eigenvalue weighted by molar-refractivity contribution is 6.23. The SMILES string of the molecule is c1ccc(-n2c3ccccc3c3cc(-c4cccc(-c5ccc6c(c5)c5ccccc5c5nccnc65)c4)ccc32)cc1. The normalized spacial score (nSPS) is 11.7. The van der Waals surface area contributed by atoms with Crippen molar-refractivity contribution in [1.29, 1.82) is 0 Å². The summed E-state index contributed by atoms with van der Waals surface area (Å²) in [6, 6.07) is 50.2. The van der Waals surface area contributed by atoms with E-state index in [1.165, 1.54) is 60.5 Å². The molecule has 0 radical (unpaired) electrons. The number of rotatable bonds is 3. The number of aromatic nitrogens is 3. The second-order valence-electron chi connectivity index (χ2n) is 11.1. The molecule has 200 valence electrons. The molecule has 9 aromatic rings. The van der Waals surface area contributed by atoms with Gasteiger partial charge in [0.1, 0.15) is 0 Å². The van der Waals surface area contributed by atoms with Crippen LogP contribution in [0.1, 0.15) is 0 Å². The molecular weight excluding hydrogens is 522 g/mol. The molecule has 0 saturated heterocycles. The first-order chi connectivity index (χ1) is 21.3. The molecule has 0 bridgehead atoms. The van der Waals surface area contributed by atoms with Crippen LogP contribution in [0.2, 0.25) is 0 Å². The number of hydrogen-bond acceptors (Lipinski definition) is 2. The zero-order valence-electron chi connectivity index (χ0n) is 23.3. The van der Waals surface area contributed by atoms with Crippen LogP contribution in [0.3, 0.4) is 0 Å². The van der Waals surface area contributed by atoms with E-state index >= 15 is 0 Å². The van der Waals surface area contributed by atoms with Crippen molar-refractivity contribution in [3.8, 4) is 27.9 Å². The molecule has 0 spiro atoms. The molecular formula is C40H25N3. The summed E-state index contributed by atoms with van der Waals surface area (Å²) in [7, 11) is 0. The van der Waals surface area contributed by atoms with Gasteiger partial charge in [0, 0.05) is 39.6 Å². The van der Waals surface area contributed by atoms with Crippen LogP contribution in [0.15, 0.2) is 152 Å². The molecule has 43 heavy (non-hydrogen) atoms. The molecule has 0 aliphatic carbocycles. The predicted molar refractivity (Wildman–Crippen MR) is 180 cm³/mol. The Kier molecular flexibility index (Phi) is 5.20. The van der Waals surface area contributed by atoms with Crippen molar-refractivity contribution in [2.75, 3.05) is 0 Å². The molecule has 2 aromatic heterocycles. The van der Waals surface area contributed by atoms with Crippen LogP contribution in [0.4, 0.5) is 0 Å². The maximum Gasteiger partial charge on any atom is 0.0971 e. The molecule has 0 unspecified atom stereocenters. The minimum Gasteiger partial charge on any atom is -0.309 e. The molecule has 0 N–H and O–H groups in total. The number of hydrogen-bond donors (Lipinski definition) is 0. The van der Waals surface area contributed by atoms with Crippen molar-refractivity contribution in [3.63, 3.8) is 0 Å². The Bertz CT molecular complexity index is 2470. The molecule has 0 saturated carbocycles. The molecule has 2 heterocycles. The average Bonchev–Trinajstić information content (AvgIpc) is 3.42. The number of benzene rings is 7. The number of fused-ring (bicyclic) bond motifs is 9. The van der Waals surface area contributed by atoms with Gasteiger partial charge in [-0.1, -0.05) is 97.1 Å². The number of para-hydroxylation sites is 2. The van der Waals surface area contributed by atoms with Crippen molar-refractivity contribution in [2.45, 2.75) is 0 Å². The quantitative estimate of drug-likeness (QED) is 0.206. The third kappa shape index (κ3) is 3.68. The third-order valence-corrected chi connectivity index (χ3v) is 8.66. The fourth-order valence-corrected chi connectivity index (χ4v) is 6.70. The van der Waals surface area contributed by atoms with Crippen molar-refractivity contribution >= 4 is 54.4 Å². The van der Waals surface area contributed by atoms with Gasteiger partial charge in [-0.15, -0.1) is 0 Å². The number of nitrogens with zero attached hydrogens (tertiary/aromatic N) is 3. The summed E-state index contributed by atoms with van der Waals surface area (Å²) in [5, 5.41) is 7.17. The summed E-state index contributed by atoms with van der Waals surface area (Å²) in [4.78, 5) is 9.40. The second kappa shape index (κ2) is 9.37. The summed E-state index contributed by atoms with van der Waals surface area (Å²) in [6.45, 7) is 0. The van der Waals surface area contributed by atoms with E-state index in [0.29, 0.717) is 0 Å². The highest BCUT2D eigenvalue weighted by Gasteiger charge is 2.14. The van der Waals surface area contributed by atoms with Crippen LogP contribution in [0.25, 0.3) is 82.3 Å². The minimum absolute atomic E-state index is 0.944. The van der Waals surface area contributed by atoms with Crippen LogP contribution >= 0.6 is 0 Å². The Hall–Kier alpha value is -5.80. The Morgan fingerprint density at radius 2 is 0.907 bits per heavy atom. The molecule has 3 heteroatoms. The molecule has 0 aliphatic heterocycles. The van der Waals surface area contributed by atoms with E-state index in [2.05, 4.69) is 149 Å². The zero-order valence-corrected chi connectivity index (χ0v) is 23.3. The minimum atomic E-state index is 0.944. The van der Waals surface area contributed by atoms with Crippen LogP contribution in [-0.2, 0) is 0 Å². The summed E-state index contributed by atoms with van der Waals surface area (Å²) in [6.07, 6.45) is 3.55. The molecule has 3 nitrogen and oxygen atoms in total. The van der Waals surface area contributed by atoms with E-state index in [4.69, 9.17) is 4.98 Å². The van der Waals surface area contributed by atoms with Crippen molar-refractivity contribution < 1.29 is 0 Å². The van der Waals surface area contributed by atoms with Crippen molar-refractivity contribution in [3.05, 3.63) is 152 Å². The lowest BCUT2D eigenvalue weighted by molar-refractivity contribution is 1.18. The van der Waals surface area contributed by atoms with Gasteiger partial charge < -0.3 is 4.57 Å². The lowest BCUT2D eigenvalue weighted by atomic mass is 9.94. The van der Waals surface area contributed by atoms with E-state index in [0.717, 1.165) is 21.8 Å². The van der Waals surface area contributed by atoms with E-state index in [1.807, 2.05) is 0 Å². The molecule has 7 aromatic carbocycles. The summed E-state index contributed by atoms with van der Waals surface area (Å²) >= 11 is 0. The Morgan fingerprint density at radius 1 is 0.349 bits per heavy atom. The van der Waals surface area contributed by atoms with Gasteiger partial charge in [-0.25, -0.2) is 0 Å². The maximum atomic E-state index is 4.72. The highest BCUT2D eigenvalue weighted by atomic mass is 15.0. The van der Waals surface area contributed by atoms with Crippen LogP contribution in [-0.4, -0.2) is 14.5 Å². The van der Waals surface area contributed by atoms with E-state index in [-0.39, 0.29) is 0 Å². The van der Waals surface area contributed by atoms with Gasteiger partial charge in [-0.05, 0) is 75.5 Å². The summed E-state index contributed by atoms with van der Waals surface area (Å²) in [5.41, 5.74) is 10.3. The highest BCUT2D eigenvalue weighted by Crippen LogP contribution is 2.38. The topological polar surface area (TPSA) is 30.7 Å². The van der Waals surface area contributed by atoms with Crippen LogP contribution in [0.5, 0.6) is 0 Å². The van der Waals surface area contributed by atoms with Gasteiger partial charge in [0.15, 0.2) is 0 Å². The predicted octanol–water partition coefficient (Wildman–Crippen LogP) is 10.4. The van der Waals surface area contributed by atoms with Gasteiger partial charge in [0.05, 0.1) is 22.1 Å². The van der Waals surface area contributed by atoms with Crippen LogP contribution in [0, 0.1) is 0 Å². The van der Waals surface area contributed by atoms with Gasteiger partial charge in [-0.2, -0.15) is 0 Å². The van der Waals surface area contributed by atoms with E-state index in [1.54, 1.807) is 12.4 Å². The zero-order chi connectivity index (χ0) is 28.3. The fraction of sp³-hybridized carbons (Fsp3) is 0. The first-order valence-electron chi connectivity index (χ1n) is 14.6. The van der Waals surface area contributed by atoms with Gasteiger partial charge >= 0.3 is 0 Å². The standard InChI is InChI=1S/C40H25N3/c1-2-11-30(12-3-1)43-37-16-7-6-14-32(37)36-25-29(18-20-38(36)43)27-10-8-9-26(23-27)28-17-19-34-35(24-28)31-13-4-5-15-33(31)39-40(34)42-22-21-41-39/h1-25H. The molecule has 0 atom stereocenters. The molecule has 0 aliphatic rings. The maximum absolute atomic E-state index is 4.72. The summed E-state index contributed by atoms with van der Waals surface area (Å²) < 4.78 is 2.36. The Balaban J connectivity index is 1.21. The lowest BCUT2D eigenvalue weighted by Crippen LogP contribution is -1.92. The Labute approximate surface area is 248 Å². The lowest BCUT2D eigenvalue weighted by Gasteiger charge is -2.12. The average molecular weight is 548 g/mol. The third-order valence-electron chi connectivity index (χ3n) is 8.66. The largest absolute Gasteiger partial charge is 0.309 e. The first kappa shape index (κ1) is 23.9. The van der Waals surface area contributed by atoms with Gasteiger partial charge in [0.2, 0.25) is 0 Å². The summed E-state index contributed by atoms with van der Waals surface area (Å²) in [5.74, 6) is 0. The van der Waals surface area contributed by atoms with E-state index in [9.17, 15) is 0 Å². The van der Waals surface area contributed by atoms with Crippen LogP contribution < -0.4 is 0 Å². The monoisotopic (exact) mass is 547 g/mol. The second-order valence-corrected chi connectivity index (χ2v) is 11.1. The van der Waals surface area contributed by atoms with Gasteiger partial charge in [0.25, 0.3) is 0 Å². The molecule has 0 amide bonds.